The van der Waals surface area contributed by atoms with Gasteiger partial charge in [-0.2, -0.15) is 0 Å². The first-order chi connectivity index (χ1) is 9.06. The Labute approximate surface area is 114 Å². The van der Waals surface area contributed by atoms with Crippen LogP contribution in [0.1, 0.15) is 15.9 Å². The number of halogens is 2. The second kappa shape index (κ2) is 5.71. The van der Waals surface area contributed by atoms with Crippen molar-refractivity contribution in [2.24, 2.45) is 0 Å². The van der Waals surface area contributed by atoms with Gasteiger partial charge < -0.3 is 10.4 Å². The summed E-state index contributed by atoms with van der Waals surface area (Å²) in [7, 11) is 0. The fourth-order valence-electron chi connectivity index (χ4n) is 1.58. The molecule has 0 bridgehead atoms. The Bertz CT molecular complexity index is 599. The lowest BCUT2D eigenvalue weighted by Crippen LogP contribution is -2.22. The fourth-order valence-corrected chi connectivity index (χ4v) is 1.74. The van der Waals surface area contributed by atoms with Crippen molar-refractivity contribution >= 4 is 17.5 Å². The molecule has 3 nitrogen and oxygen atoms in total. The smallest absolute Gasteiger partial charge is 0.255 e. The number of amides is 1. The van der Waals surface area contributed by atoms with Gasteiger partial charge in [0.2, 0.25) is 0 Å². The third kappa shape index (κ3) is 3.45. The van der Waals surface area contributed by atoms with Crippen LogP contribution < -0.4 is 5.32 Å². The number of benzene rings is 2. The summed E-state index contributed by atoms with van der Waals surface area (Å²) in [6.45, 7) is 0.251. The minimum atomic E-state index is -0.418. The van der Waals surface area contributed by atoms with Crippen LogP contribution in [0.15, 0.2) is 42.5 Å². The van der Waals surface area contributed by atoms with Gasteiger partial charge in [-0.3, -0.25) is 4.79 Å². The van der Waals surface area contributed by atoms with Crippen molar-refractivity contribution in [2.75, 3.05) is 0 Å². The topological polar surface area (TPSA) is 49.3 Å². The standard InChI is InChI=1S/C14H11ClFNO2/c15-10-3-6-12(13(18)7-10)14(19)17-8-9-1-4-11(16)5-2-9/h1-7,18H,8H2,(H,17,19). The minimum absolute atomic E-state index is 0.145. The maximum absolute atomic E-state index is 12.7. The number of hydrogen-bond acceptors (Lipinski definition) is 2. The molecule has 0 aromatic heterocycles. The van der Waals surface area contributed by atoms with Crippen LogP contribution in [0.3, 0.4) is 0 Å². The van der Waals surface area contributed by atoms with Crippen molar-refractivity contribution < 1.29 is 14.3 Å². The molecule has 2 rings (SSSR count). The molecule has 0 fully saturated rings. The van der Waals surface area contributed by atoms with Crippen LogP contribution in [0.4, 0.5) is 4.39 Å². The molecule has 0 aliphatic heterocycles. The molecule has 0 heterocycles. The van der Waals surface area contributed by atoms with Gasteiger partial charge in [-0.1, -0.05) is 23.7 Å². The molecule has 0 atom stereocenters. The SMILES string of the molecule is O=C(NCc1ccc(F)cc1)c1ccc(Cl)cc1O. The Morgan fingerprint density at radius 1 is 1.21 bits per heavy atom. The van der Waals surface area contributed by atoms with Gasteiger partial charge in [-0.15, -0.1) is 0 Å². The van der Waals surface area contributed by atoms with E-state index < -0.39 is 5.91 Å². The van der Waals surface area contributed by atoms with E-state index >= 15 is 0 Å². The molecule has 2 aromatic rings. The number of phenols is 1. The summed E-state index contributed by atoms with van der Waals surface area (Å²) in [5.41, 5.74) is 0.912. The van der Waals surface area contributed by atoms with Crippen molar-refractivity contribution in [3.05, 3.63) is 64.4 Å². The fraction of sp³-hybridized carbons (Fsp3) is 0.0714. The first-order valence-electron chi connectivity index (χ1n) is 5.57. The molecule has 1 amide bonds. The zero-order valence-electron chi connectivity index (χ0n) is 9.86. The van der Waals surface area contributed by atoms with E-state index in [2.05, 4.69) is 5.32 Å². The summed E-state index contributed by atoms with van der Waals surface area (Å²) in [5, 5.41) is 12.6. The molecule has 0 aliphatic carbocycles. The number of nitrogens with one attached hydrogen (secondary N) is 1. The van der Waals surface area contributed by atoms with Gasteiger partial charge in [0.05, 0.1) is 5.56 Å². The van der Waals surface area contributed by atoms with Gasteiger partial charge in [-0.25, -0.2) is 4.39 Å². The van der Waals surface area contributed by atoms with E-state index in [1.165, 1.54) is 30.3 Å². The van der Waals surface area contributed by atoms with E-state index in [9.17, 15) is 14.3 Å². The van der Waals surface area contributed by atoms with Crippen LogP contribution in [0.2, 0.25) is 5.02 Å². The van der Waals surface area contributed by atoms with Crippen molar-refractivity contribution in [3.8, 4) is 5.75 Å². The lowest BCUT2D eigenvalue weighted by Gasteiger charge is -2.07. The van der Waals surface area contributed by atoms with E-state index in [0.29, 0.717) is 5.02 Å². The maximum Gasteiger partial charge on any atom is 0.255 e. The second-order valence-corrected chi connectivity index (χ2v) is 4.41. The van der Waals surface area contributed by atoms with Crippen molar-refractivity contribution in [2.45, 2.75) is 6.54 Å². The summed E-state index contributed by atoms with van der Waals surface area (Å²) in [4.78, 5) is 11.8. The van der Waals surface area contributed by atoms with Gasteiger partial charge in [-0.05, 0) is 35.9 Å². The first kappa shape index (κ1) is 13.4. The molecule has 5 heteroatoms. The van der Waals surface area contributed by atoms with Crippen molar-refractivity contribution in [1.29, 1.82) is 0 Å². The summed E-state index contributed by atoms with van der Waals surface area (Å²) in [6.07, 6.45) is 0. The third-order valence-corrected chi connectivity index (χ3v) is 2.81. The van der Waals surface area contributed by atoms with E-state index in [1.807, 2.05) is 0 Å². The summed E-state index contributed by atoms with van der Waals surface area (Å²) in [5.74, 6) is -0.923. The van der Waals surface area contributed by atoms with E-state index in [4.69, 9.17) is 11.6 Å². The highest BCUT2D eigenvalue weighted by Gasteiger charge is 2.10. The van der Waals surface area contributed by atoms with Gasteiger partial charge in [0, 0.05) is 11.6 Å². The normalized spacial score (nSPS) is 10.2. The number of rotatable bonds is 3. The number of carbonyl (C=O) groups excluding carboxylic acids is 1. The molecular weight excluding hydrogens is 269 g/mol. The molecule has 2 aromatic carbocycles. The lowest BCUT2D eigenvalue weighted by atomic mass is 10.1. The number of phenolic OH excluding ortho intramolecular Hbond substituents is 1. The van der Waals surface area contributed by atoms with Crippen LogP contribution in [0.25, 0.3) is 0 Å². The Morgan fingerprint density at radius 3 is 2.53 bits per heavy atom. The highest BCUT2D eigenvalue weighted by atomic mass is 35.5. The van der Waals surface area contributed by atoms with Crippen LogP contribution in [0.5, 0.6) is 5.75 Å². The monoisotopic (exact) mass is 279 g/mol. The first-order valence-corrected chi connectivity index (χ1v) is 5.95. The molecular formula is C14H11ClFNO2. The molecule has 0 saturated carbocycles. The van der Waals surface area contributed by atoms with Crippen molar-refractivity contribution in [1.82, 2.24) is 5.32 Å². The highest BCUT2D eigenvalue weighted by Crippen LogP contribution is 2.21. The van der Waals surface area contributed by atoms with Gasteiger partial charge in [0.25, 0.3) is 5.91 Å². The minimum Gasteiger partial charge on any atom is -0.507 e. The molecule has 0 spiro atoms. The Kier molecular flexibility index (Phi) is 4.02. The van der Waals surface area contributed by atoms with Gasteiger partial charge in [0.1, 0.15) is 11.6 Å². The van der Waals surface area contributed by atoms with E-state index in [0.717, 1.165) is 5.56 Å². The third-order valence-electron chi connectivity index (χ3n) is 2.57. The molecule has 0 saturated heterocycles. The van der Waals surface area contributed by atoms with Crippen LogP contribution in [0, 0.1) is 5.82 Å². The predicted octanol–water partition coefficient (Wildman–Crippen LogP) is 3.11. The number of hydrogen-bond donors (Lipinski definition) is 2. The molecule has 0 radical (unpaired) electrons. The lowest BCUT2D eigenvalue weighted by molar-refractivity contribution is 0.0948. The maximum atomic E-state index is 12.7. The number of aromatic hydroxyl groups is 1. The van der Waals surface area contributed by atoms with Gasteiger partial charge >= 0.3 is 0 Å². The largest absolute Gasteiger partial charge is 0.507 e. The Morgan fingerprint density at radius 2 is 1.89 bits per heavy atom. The molecule has 0 unspecified atom stereocenters. The van der Waals surface area contributed by atoms with Crippen LogP contribution >= 0.6 is 11.6 Å². The zero-order valence-corrected chi connectivity index (χ0v) is 10.6. The molecule has 2 N–H and O–H groups in total. The predicted molar refractivity (Wildman–Crippen MR) is 70.7 cm³/mol. The summed E-state index contributed by atoms with van der Waals surface area (Å²) < 4.78 is 12.7. The summed E-state index contributed by atoms with van der Waals surface area (Å²) in [6, 6.07) is 10.1. The molecule has 0 aliphatic rings. The average Bonchev–Trinajstić information content (AvgIpc) is 2.37. The average molecular weight is 280 g/mol. The summed E-state index contributed by atoms with van der Waals surface area (Å²) >= 11 is 5.68. The van der Waals surface area contributed by atoms with Crippen molar-refractivity contribution in [3.63, 3.8) is 0 Å². The quantitative estimate of drug-likeness (QED) is 0.907. The zero-order chi connectivity index (χ0) is 13.8. The highest BCUT2D eigenvalue weighted by molar-refractivity contribution is 6.30. The van der Waals surface area contributed by atoms with E-state index in [-0.39, 0.29) is 23.7 Å². The second-order valence-electron chi connectivity index (χ2n) is 3.97. The van der Waals surface area contributed by atoms with E-state index in [1.54, 1.807) is 12.1 Å². The Hall–Kier alpha value is -2.07. The Balaban J connectivity index is 2.03. The molecule has 19 heavy (non-hydrogen) atoms. The molecule has 98 valence electrons. The van der Waals surface area contributed by atoms with Gasteiger partial charge in [0.15, 0.2) is 0 Å². The number of carbonyl (C=O) groups is 1. The van der Waals surface area contributed by atoms with Crippen LogP contribution in [-0.2, 0) is 6.54 Å². The van der Waals surface area contributed by atoms with Crippen LogP contribution in [-0.4, -0.2) is 11.0 Å².